The zero-order valence-electron chi connectivity index (χ0n) is 12.5. The Morgan fingerprint density at radius 1 is 1.17 bits per heavy atom. The van der Waals surface area contributed by atoms with Crippen molar-refractivity contribution in [3.8, 4) is 0 Å². The molecule has 24 heavy (non-hydrogen) atoms. The van der Waals surface area contributed by atoms with Crippen molar-refractivity contribution in [1.82, 2.24) is 0 Å². The number of rotatable bonds is 3. The van der Waals surface area contributed by atoms with Crippen molar-refractivity contribution in [2.24, 2.45) is 0 Å². The molecule has 1 amide bonds. The molecule has 1 heterocycles. The van der Waals surface area contributed by atoms with Crippen LogP contribution in [0.1, 0.15) is 10.4 Å². The summed E-state index contributed by atoms with van der Waals surface area (Å²) in [5.41, 5.74) is -0.436. The highest BCUT2D eigenvalue weighted by molar-refractivity contribution is 7.84. The van der Waals surface area contributed by atoms with Crippen molar-refractivity contribution in [3.05, 3.63) is 70.3 Å². The second kappa shape index (κ2) is 6.37. The molecule has 0 spiro atoms. The summed E-state index contributed by atoms with van der Waals surface area (Å²) in [4.78, 5) is 24.2. The van der Waals surface area contributed by atoms with Gasteiger partial charge in [0.15, 0.2) is 0 Å². The van der Waals surface area contributed by atoms with E-state index in [-0.39, 0.29) is 16.1 Å². The fourth-order valence-corrected chi connectivity index (χ4v) is 2.82. The van der Waals surface area contributed by atoms with Gasteiger partial charge in [-0.05, 0) is 30.3 Å². The first-order valence-corrected chi connectivity index (χ1v) is 8.49. The number of hydrogen-bond acceptors (Lipinski definition) is 4. The molecule has 0 saturated heterocycles. The molecular weight excluding hydrogens is 333 g/mol. The van der Waals surface area contributed by atoms with Crippen LogP contribution in [0.25, 0.3) is 11.0 Å². The predicted octanol–water partition coefficient (Wildman–Crippen LogP) is 2.92. The lowest BCUT2D eigenvalue weighted by molar-refractivity contribution is 0.102. The van der Waals surface area contributed by atoms with Gasteiger partial charge >= 0.3 is 5.63 Å². The number of carbonyl (C=O) groups excluding carboxylic acids is 1. The number of halogens is 1. The topological polar surface area (TPSA) is 76.4 Å². The number of hydrogen-bond donors (Lipinski definition) is 1. The van der Waals surface area contributed by atoms with Gasteiger partial charge in [-0.3, -0.25) is 9.00 Å². The number of nitrogens with one attached hydrogen (secondary N) is 1. The third-order valence-corrected chi connectivity index (χ3v) is 4.34. The van der Waals surface area contributed by atoms with Crippen LogP contribution in [0.5, 0.6) is 0 Å². The SMILES string of the molecule is C[S@](=O)c1ccc(NC(=O)c2cc3ccccc3oc2=O)cc1F. The third-order valence-electron chi connectivity index (χ3n) is 3.39. The Morgan fingerprint density at radius 2 is 1.92 bits per heavy atom. The molecule has 122 valence electrons. The van der Waals surface area contributed by atoms with Gasteiger partial charge < -0.3 is 9.73 Å². The number of anilines is 1. The van der Waals surface area contributed by atoms with Gasteiger partial charge in [-0.2, -0.15) is 0 Å². The Labute approximate surface area is 138 Å². The number of para-hydroxylation sites is 1. The van der Waals surface area contributed by atoms with E-state index in [2.05, 4.69) is 5.32 Å². The zero-order chi connectivity index (χ0) is 17.3. The average Bonchev–Trinajstić information content (AvgIpc) is 2.53. The smallest absolute Gasteiger partial charge is 0.349 e. The first kappa shape index (κ1) is 16.1. The molecule has 1 atom stereocenters. The van der Waals surface area contributed by atoms with Crippen molar-refractivity contribution in [1.29, 1.82) is 0 Å². The monoisotopic (exact) mass is 345 g/mol. The standard InChI is InChI=1S/C17H12FNO4S/c1-24(22)15-7-6-11(9-13(15)18)19-16(20)12-8-10-4-2-3-5-14(10)23-17(12)21/h2-9H,1H3,(H,19,20)/t24-/m0/s1. The molecule has 0 aliphatic carbocycles. The van der Waals surface area contributed by atoms with E-state index in [0.717, 1.165) is 6.07 Å². The first-order chi connectivity index (χ1) is 11.5. The minimum Gasteiger partial charge on any atom is -0.422 e. The van der Waals surface area contributed by atoms with E-state index in [1.807, 2.05) is 0 Å². The van der Waals surface area contributed by atoms with E-state index >= 15 is 0 Å². The fraction of sp³-hybridized carbons (Fsp3) is 0.0588. The van der Waals surface area contributed by atoms with E-state index in [1.54, 1.807) is 24.3 Å². The molecule has 0 bridgehead atoms. The predicted molar refractivity (Wildman–Crippen MR) is 89.2 cm³/mol. The molecule has 0 fully saturated rings. The second-order valence-corrected chi connectivity index (χ2v) is 6.39. The number of fused-ring (bicyclic) bond motifs is 1. The summed E-state index contributed by atoms with van der Waals surface area (Å²) < 4.78 is 30.2. The Hall–Kier alpha value is -2.80. The van der Waals surface area contributed by atoms with E-state index in [9.17, 15) is 18.2 Å². The van der Waals surface area contributed by atoms with E-state index in [0.29, 0.717) is 11.0 Å². The summed E-state index contributed by atoms with van der Waals surface area (Å²) in [5.74, 6) is -1.40. The molecule has 1 N–H and O–H groups in total. The molecule has 7 heteroatoms. The van der Waals surface area contributed by atoms with Crippen LogP contribution in [0.4, 0.5) is 10.1 Å². The van der Waals surface area contributed by atoms with Crippen molar-refractivity contribution in [2.45, 2.75) is 4.90 Å². The van der Waals surface area contributed by atoms with Gasteiger partial charge in [0.25, 0.3) is 5.91 Å². The van der Waals surface area contributed by atoms with Gasteiger partial charge in [0, 0.05) is 17.3 Å². The second-order valence-electron chi connectivity index (χ2n) is 5.04. The number of amides is 1. The summed E-state index contributed by atoms with van der Waals surface area (Å²) in [6.45, 7) is 0. The Kier molecular flexibility index (Phi) is 4.26. The normalized spacial score (nSPS) is 12.1. The first-order valence-electron chi connectivity index (χ1n) is 6.93. The summed E-state index contributed by atoms with van der Waals surface area (Å²) in [7, 11) is -1.47. The van der Waals surface area contributed by atoms with Gasteiger partial charge in [0.05, 0.1) is 15.7 Å². The van der Waals surface area contributed by atoms with E-state index in [1.165, 1.54) is 24.5 Å². The highest BCUT2D eigenvalue weighted by Crippen LogP contribution is 2.18. The van der Waals surface area contributed by atoms with Crippen molar-refractivity contribution < 1.29 is 17.8 Å². The minimum absolute atomic E-state index is 0.0400. The Balaban J connectivity index is 1.93. The van der Waals surface area contributed by atoms with Crippen LogP contribution in [-0.4, -0.2) is 16.4 Å². The lowest BCUT2D eigenvalue weighted by atomic mass is 10.1. The summed E-state index contributed by atoms with van der Waals surface area (Å²) in [6.07, 6.45) is 1.36. The van der Waals surface area contributed by atoms with Crippen LogP contribution in [0.2, 0.25) is 0 Å². The maximum Gasteiger partial charge on any atom is 0.349 e. The molecule has 5 nitrogen and oxygen atoms in total. The summed E-state index contributed by atoms with van der Waals surface area (Å²) >= 11 is 0. The molecule has 0 radical (unpaired) electrons. The van der Waals surface area contributed by atoms with Crippen molar-refractivity contribution in [2.75, 3.05) is 11.6 Å². The lowest BCUT2D eigenvalue weighted by Gasteiger charge is -2.07. The van der Waals surface area contributed by atoms with Gasteiger partial charge in [-0.15, -0.1) is 0 Å². The molecule has 3 aromatic rings. The molecule has 1 aromatic heterocycles. The number of benzene rings is 2. The third kappa shape index (κ3) is 3.11. The fourth-order valence-electron chi connectivity index (χ4n) is 2.23. The van der Waals surface area contributed by atoms with E-state index in [4.69, 9.17) is 4.42 Å². The molecule has 3 rings (SSSR count). The van der Waals surface area contributed by atoms with Crippen molar-refractivity contribution >= 4 is 33.4 Å². The molecular formula is C17H12FNO4S. The molecule has 0 unspecified atom stereocenters. The summed E-state index contributed by atoms with van der Waals surface area (Å²) in [5, 5.41) is 3.03. The molecule has 0 aliphatic heterocycles. The largest absolute Gasteiger partial charge is 0.422 e. The molecule has 0 saturated carbocycles. The van der Waals surface area contributed by atoms with Gasteiger partial charge in [-0.1, -0.05) is 18.2 Å². The lowest BCUT2D eigenvalue weighted by Crippen LogP contribution is -2.20. The van der Waals surface area contributed by atoms with E-state index < -0.39 is 28.1 Å². The van der Waals surface area contributed by atoms with Crippen LogP contribution in [0.3, 0.4) is 0 Å². The highest BCUT2D eigenvalue weighted by atomic mass is 32.2. The van der Waals surface area contributed by atoms with Gasteiger partial charge in [-0.25, -0.2) is 9.18 Å². The Bertz CT molecular complexity index is 1030. The Morgan fingerprint density at radius 3 is 2.62 bits per heavy atom. The van der Waals surface area contributed by atoms with Crippen LogP contribution in [0, 0.1) is 5.82 Å². The van der Waals surface area contributed by atoms with Crippen LogP contribution >= 0.6 is 0 Å². The molecule has 2 aromatic carbocycles. The maximum absolute atomic E-state index is 13.8. The quantitative estimate of drug-likeness (QED) is 0.741. The zero-order valence-corrected chi connectivity index (χ0v) is 13.4. The minimum atomic E-state index is -1.47. The number of carbonyl (C=O) groups is 1. The average molecular weight is 345 g/mol. The van der Waals surface area contributed by atoms with Crippen LogP contribution < -0.4 is 10.9 Å². The van der Waals surface area contributed by atoms with Gasteiger partial charge in [0.2, 0.25) is 0 Å². The summed E-state index contributed by atoms with van der Waals surface area (Å²) in [6, 6.07) is 12.0. The van der Waals surface area contributed by atoms with Crippen molar-refractivity contribution in [3.63, 3.8) is 0 Å². The van der Waals surface area contributed by atoms with Crippen LogP contribution in [0.15, 0.2) is 62.6 Å². The van der Waals surface area contributed by atoms with Crippen LogP contribution in [-0.2, 0) is 10.8 Å². The highest BCUT2D eigenvalue weighted by Gasteiger charge is 2.15. The molecule has 0 aliphatic rings. The maximum atomic E-state index is 13.8. The van der Waals surface area contributed by atoms with Gasteiger partial charge in [0.1, 0.15) is 17.0 Å².